The molecule has 2 N–H and O–H groups in total. The van der Waals surface area contributed by atoms with E-state index in [0.717, 1.165) is 31.8 Å². The van der Waals surface area contributed by atoms with Gasteiger partial charge in [0, 0.05) is 10.4 Å². The Morgan fingerprint density at radius 2 is 1.88 bits per heavy atom. The third kappa shape index (κ3) is 1.72. The Balaban J connectivity index is 1.87. The molecule has 3 heteroatoms. The standard InChI is InChI=1S/C14H19NOS/c1-2-17-12-5-3-11(4-6-12)13(9-16-10-13)14(15)7-8-14/h3-6H,2,7-10,15H2,1H3. The average molecular weight is 249 g/mol. The van der Waals surface area contributed by atoms with Crippen LogP contribution in [0.15, 0.2) is 29.2 Å². The molecule has 1 aromatic carbocycles. The highest BCUT2D eigenvalue weighted by atomic mass is 32.2. The number of rotatable bonds is 4. The Kier molecular flexibility index (Phi) is 2.73. The quantitative estimate of drug-likeness (QED) is 0.833. The van der Waals surface area contributed by atoms with Gasteiger partial charge in [0.1, 0.15) is 0 Å². The maximum atomic E-state index is 6.43. The van der Waals surface area contributed by atoms with Crippen molar-refractivity contribution in [1.82, 2.24) is 0 Å². The molecule has 1 heterocycles. The molecule has 2 fully saturated rings. The van der Waals surface area contributed by atoms with Gasteiger partial charge in [0.2, 0.25) is 0 Å². The number of thioether (sulfide) groups is 1. The first kappa shape index (κ1) is 11.6. The smallest absolute Gasteiger partial charge is 0.0603 e. The first-order valence-electron chi connectivity index (χ1n) is 6.30. The van der Waals surface area contributed by atoms with Crippen LogP contribution in [0.3, 0.4) is 0 Å². The fourth-order valence-corrected chi connectivity index (χ4v) is 3.36. The zero-order valence-corrected chi connectivity index (χ0v) is 11.1. The van der Waals surface area contributed by atoms with Gasteiger partial charge in [0.05, 0.1) is 18.6 Å². The maximum Gasteiger partial charge on any atom is 0.0603 e. The van der Waals surface area contributed by atoms with Crippen LogP contribution in [-0.2, 0) is 10.2 Å². The lowest BCUT2D eigenvalue weighted by molar-refractivity contribution is -0.0786. The summed E-state index contributed by atoms with van der Waals surface area (Å²) in [6.07, 6.45) is 2.28. The van der Waals surface area contributed by atoms with Gasteiger partial charge in [-0.25, -0.2) is 0 Å². The van der Waals surface area contributed by atoms with E-state index in [2.05, 4.69) is 31.2 Å². The SMILES string of the molecule is CCSc1ccc(C2(C3(N)CC3)COC2)cc1. The summed E-state index contributed by atoms with van der Waals surface area (Å²) in [5.41, 5.74) is 7.90. The normalized spacial score (nSPS) is 24.1. The van der Waals surface area contributed by atoms with E-state index < -0.39 is 0 Å². The maximum absolute atomic E-state index is 6.43. The molecule has 2 nitrogen and oxygen atoms in total. The summed E-state index contributed by atoms with van der Waals surface area (Å²) in [7, 11) is 0. The van der Waals surface area contributed by atoms with Gasteiger partial charge < -0.3 is 10.5 Å². The molecule has 0 atom stereocenters. The Bertz CT molecular complexity index is 407. The molecule has 0 aromatic heterocycles. The van der Waals surface area contributed by atoms with Crippen molar-refractivity contribution in [3.63, 3.8) is 0 Å². The highest BCUT2D eigenvalue weighted by Gasteiger charge is 2.61. The van der Waals surface area contributed by atoms with Crippen LogP contribution in [0.4, 0.5) is 0 Å². The molecule has 1 aliphatic carbocycles. The van der Waals surface area contributed by atoms with Crippen molar-refractivity contribution in [2.75, 3.05) is 19.0 Å². The predicted octanol–water partition coefficient (Wildman–Crippen LogP) is 2.56. The Morgan fingerprint density at radius 3 is 2.29 bits per heavy atom. The number of nitrogens with two attached hydrogens (primary N) is 1. The summed E-state index contributed by atoms with van der Waals surface area (Å²) in [6.45, 7) is 3.77. The van der Waals surface area contributed by atoms with Crippen LogP contribution >= 0.6 is 11.8 Å². The Hall–Kier alpha value is -0.510. The first-order valence-corrected chi connectivity index (χ1v) is 7.29. The third-order valence-electron chi connectivity index (χ3n) is 4.16. The minimum absolute atomic E-state index is 0.00463. The van der Waals surface area contributed by atoms with E-state index in [1.54, 1.807) is 0 Å². The molecular formula is C14H19NOS. The van der Waals surface area contributed by atoms with E-state index >= 15 is 0 Å². The van der Waals surface area contributed by atoms with E-state index in [-0.39, 0.29) is 11.0 Å². The van der Waals surface area contributed by atoms with Gasteiger partial charge >= 0.3 is 0 Å². The van der Waals surface area contributed by atoms with Crippen LogP contribution in [0.1, 0.15) is 25.3 Å². The molecule has 2 aliphatic rings. The van der Waals surface area contributed by atoms with Crippen LogP contribution in [-0.4, -0.2) is 24.5 Å². The minimum atomic E-state index is 0.00463. The lowest BCUT2D eigenvalue weighted by Gasteiger charge is -2.47. The molecule has 0 amide bonds. The zero-order chi connectivity index (χ0) is 11.9. The van der Waals surface area contributed by atoms with E-state index in [4.69, 9.17) is 10.5 Å². The number of hydrogen-bond acceptors (Lipinski definition) is 3. The third-order valence-corrected chi connectivity index (χ3v) is 5.05. The molecule has 0 bridgehead atoms. The molecule has 1 saturated carbocycles. The molecule has 0 unspecified atom stereocenters. The van der Waals surface area contributed by atoms with Crippen LogP contribution < -0.4 is 5.73 Å². The fourth-order valence-electron chi connectivity index (χ4n) is 2.70. The van der Waals surface area contributed by atoms with Crippen molar-refractivity contribution in [1.29, 1.82) is 0 Å². The van der Waals surface area contributed by atoms with Gasteiger partial charge in [-0.2, -0.15) is 0 Å². The molecule has 92 valence electrons. The second-order valence-electron chi connectivity index (χ2n) is 5.19. The summed E-state index contributed by atoms with van der Waals surface area (Å²) < 4.78 is 5.45. The Labute approximate surface area is 107 Å². The lowest BCUT2D eigenvalue weighted by atomic mass is 9.71. The van der Waals surface area contributed by atoms with Gasteiger partial charge in [0.25, 0.3) is 0 Å². The summed E-state index contributed by atoms with van der Waals surface area (Å²) in [6, 6.07) is 8.92. The first-order chi connectivity index (χ1) is 8.20. The fraction of sp³-hybridized carbons (Fsp3) is 0.571. The van der Waals surface area contributed by atoms with Gasteiger partial charge in [-0.05, 0) is 36.3 Å². The molecule has 1 saturated heterocycles. The molecule has 0 radical (unpaired) electrons. The summed E-state index contributed by atoms with van der Waals surface area (Å²) in [5, 5.41) is 0. The van der Waals surface area contributed by atoms with Crippen molar-refractivity contribution in [3.05, 3.63) is 29.8 Å². The minimum Gasteiger partial charge on any atom is -0.379 e. The van der Waals surface area contributed by atoms with Crippen molar-refractivity contribution < 1.29 is 4.74 Å². The van der Waals surface area contributed by atoms with Crippen molar-refractivity contribution >= 4 is 11.8 Å². The van der Waals surface area contributed by atoms with Crippen LogP contribution in [0.5, 0.6) is 0 Å². The molecule has 3 rings (SSSR count). The van der Waals surface area contributed by atoms with Crippen LogP contribution in [0.25, 0.3) is 0 Å². The zero-order valence-electron chi connectivity index (χ0n) is 10.2. The van der Waals surface area contributed by atoms with Gasteiger partial charge in [-0.1, -0.05) is 19.1 Å². The second kappa shape index (κ2) is 4.01. The highest BCUT2D eigenvalue weighted by molar-refractivity contribution is 7.99. The van der Waals surface area contributed by atoms with Crippen molar-refractivity contribution in [3.8, 4) is 0 Å². The number of hydrogen-bond donors (Lipinski definition) is 1. The molecule has 1 aliphatic heterocycles. The van der Waals surface area contributed by atoms with Crippen LogP contribution in [0, 0.1) is 0 Å². The molecule has 0 spiro atoms. The molecular weight excluding hydrogens is 230 g/mol. The van der Waals surface area contributed by atoms with E-state index in [9.17, 15) is 0 Å². The van der Waals surface area contributed by atoms with E-state index in [0.29, 0.717) is 0 Å². The number of benzene rings is 1. The monoisotopic (exact) mass is 249 g/mol. The summed E-state index contributed by atoms with van der Waals surface area (Å²) >= 11 is 1.88. The largest absolute Gasteiger partial charge is 0.379 e. The Morgan fingerprint density at radius 1 is 1.24 bits per heavy atom. The highest BCUT2D eigenvalue weighted by Crippen LogP contribution is 2.53. The van der Waals surface area contributed by atoms with Crippen molar-refractivity contribution in [2.45, 2.75) is 35.6 Å². The second-order valence-corrected chi connectivity index (χ2v) is 6.53. The van der Waals surface area contributed by atoms with Crippen molar-refractivity contribution in [2.24, 2.45) is 5.73 Å². The molecule has 1 aromatic rings. The average Bonchev–Trinajstić information content (AvgIpc) is 2.99. The van der Waals surface area contributed by atoms with Gasteiger partial charge in [0.15, 0.2) is 0 Å². The topological polar surface area (TPSA) is 35.2 Å². The molecule has 17 heavy (non-hydrogen) atoms. The van der Waals surface area contributed by atoms with Gasteiger partial charge in [-0.3, -0.25) is 0 Å². The summed E-state index contributed by atoms with van der Waals surface area (Å²) in [5.74, 6) is 1.12. The lowest BCUT2D eigenvalue weighted by Crippen LogP contribution is -2.60. The van der Waals surface area contributed by atoms with E-state index in [1.807, 2.05) is 11.8 Å². The van der Waals surface area contributed by atoms with Gasteiger partial charge in [-0.15, -0.1) is 11.8 Å². The van der Waals surface area contributed by atoms with E-state index in [1.165, 1.54) is 10.5 Å². The van der Waals surface area contributed by atoms with Crippen LogP contribution in [0.2, 0.25) is 0 Å². The number of ether oxygens (including phenoxy) is 1. The predicted molar refractivity (Wildman–Crippen MR) is 71.5 cm³/mol. The summed E-state index contributed by atoms with van der Waals surface area (Å²) in [4.78, 5) is 1.34.